The molecule has 2 aromatic rings. The molecule has 21 heavy (non-hydrogen) atoms. The van der Waals surface area contributed by atoms with Crippen molar-refractivity contribution >= 4 is 27.8 Å². The first-order valence-electron chi connectivity index (χ1n) is 6.32. The van der Waals surface area contributed by atoms with E-state index < -0.39 is 10.1 Å². The molecule has 1 unspecified atom stereocenters. The normalized spacial score (nSPS) is 12.9. The standard InChI is InChI=1S/C16H15ClO3S/c1-3-12-5-4-6-13(9-12)11(2)15-10-14(17)7-8-16(15)21(18,19)20/h3-11H,1H2,2H3,(H,18,19,20). The van der Waals surface area contributed by atoms with Crippen molar-refractivity contribution in [2.24, 2.45) is 0 Å². The van der Waals surface area contributed by atoms with E-state index in [4.69, 9.17) is 11.6 Å². The molecular formula is C16H15ClO3S. The lowest BCUT2D eigenvalue weighted by atomic mass is 9.92. The Hall–Kier alpha value is -1.62. The molecule has 2 rings (SSSR count). The zero-order valence-corrected chi connectivity index (χ0v) is 13.0. The lowest BCUT2D eigenvalue weighted by Gasteiger charge is -2.16. The zero-order chi connectivity index (χ0) is 15.6. The number of halogens is 1. The van der Waals surface area contributed by atoms with Crippen LogP contribution >= 0.6 is 11.6 Å². The third kappa shape index (κ3) is 3.53. The first-order valence-corrected chi connectivity index (χ1v) is 8.14. The van der Waals surface area contributed by atoms with Crippen molar-refractivity contribution in [1.82, 2.24) is 0 Å². The summed E-state index contributed by atoms with van der Waals surface area (Å²) in [5.74, 6) is -0.236. The first kappa shape index (κ1) is 15.8. The summed E-state index contributed by atoms with van der Waals surface area (Å²) in [5, 5.41) is 0.420. The van der Waals surface area contributed by atoms with E-state index in [0.29, 0.717) is 10.6 Å². The Morgan fingerprint density at radius 1 is 1.24 bits per heavy atom. The second kappa shape index (κ2) is 6.02. The van der Waals surface area contributed by atoms with Crippen LogP contribution in [0.5, 0.6) is 0 Å². The SMILES string of the molecule is C=Cc1cccc(C(C)c2cc(Cl)ccc2S(=O)(=O)O)c1. The number of hydrogen-bond donors (Lipinski definition) is 1. The molecule has 1 N–H and O–H groups in total. The van der Waals surface area contributed by atoms with E-state index in [1.165, 1.54) is 12.1 Å². The minimum absolute atomic E-state index is 0.122. The van der Waals surface area contributed by atoms with Gasteiger partial charge in [-0.1, -0.05) is 55.4 Å². The van der Waals surface area contributed by atoms with E-state index in [0.717, 1.165) is 11.1 Å². The maximum absolute atomic E-state index is 11.5. The molecule has 0 aromatic heterocycles. The van der Waals surface area contributed by atoms with Gasteiger partial charge < -0.3 is 0 Å². The molecule has 0 spiro atoms. The number of benzene rings is 2. The summed E-state index contributed by atoms with van der Waals surface area (Å²) in [4.78, 5) is -0.122. The van der Waals surface area contributed by atoms with Crippen LogP contribution in [0.25, 0.3) is 6.08 Å². The summed E-state index contributed by atoms with van der Waals surface area (Å²) >= 11 is 5.96. The molecule has 1 atom stereocenters. The van der Waals surface area contributed by atoms with Crippen LogP contribution < -0.4 is 0 Å². The molecule has 0 saturated carbocycles. The Morgan fingerprint density at radius 2 is 1.95 bits per heavy atom. The molecule has 0 heterocycles. The molecule has 0 amide bonds. The molecule has 110 valence electrons. The van der Waals surface area contributed by atoms with Gasteiger partial charge in [0.2, 0.25) is 0 Å². The molecule has 0 fully saturated rings. The van der Waals surface area contributed by atoms with Crippen molar-refractivity contribution in [2.45, 2.75) is 17.7 Å². The van der Waals surface area contributed by atoms with E-state index >= 15 is 0 Å². The van der Waals surface area contributed by atoms with Crippen molar-refractivity contribution < 1.29 is 13.0 Å². The van der Waals surface area contributed by atoms with Crippen LogP contribution in [0.1, 0.15) is 29.5 Å². The van der Waals surface area contributed by atoms with Gasteiger partial charge in [0.25, 0.3) is 10.1 Å². The maximum Gasteiger partial charge on any atom is 0.294 e. The molecule has 0 bridgehead atoms. The van der Waals surface area contributed by atoms with Gasteiger partial charge in [0.05, 0.1) is 4.90 Å². The van der Waals surface area contributed by atoms with E-state index in [9.17, 15) is 13.0 Å². The van der Waals surface area contributed by atoms with Gasteiger partial charge in [0.15, 0.2) is 0 Å². The predicted molar refractivity (Wildman–Crippen MR) is 85.3 cm³/mol. The average molecular weight is 323 g/mol. The van der Waals surface area contributed by atoms with Crippen LogP contribution in [0.3, 0.4) is 0 Å². The first-order chi connectivity index (χ1) is 9.82. The molecular weight excluding hydrogens is 308 g/mol. The maximum atomic E-state index is 11.5. The Kier molecular flexibility index (Phi) is 4.52. The van der Waals surface area contributed by atoms with Gasteiger partial charge in [-0.3, -0.25) is 4.55 Å². The number of hydrogen-bond acceptors (Lipinski definition) is 2. The van der Waals surface area contributed by atoms with E-state index in [1.807, 2.05) is 31.2 Å². The highest BCUT2D eigenvalue weighted by Crippen LogP contribution is 2.32. The Balaban J connectivity index is 2.59. The van der Waals surface area contributed by atoms with Gasteiger partial charge >= 0.3 is 0 Å². The molecule has 3 nitrogen and oxygen atoms in total. The van der Waals surface area contributed by atoms with E-state index in [-0.39, 0.29) is 10.8 Å². The van der Waals surface area contributed by atoms with Crippen LogP contribution in [-0.2, 0) is 10.1 Å². The molecule has 0 saturated heterocycles. The Morgan fingerprint density at radius 3 is 2.57 bits per heavy atom. The van der Waals surface area contributed by atoms with Crippen molar-refractivity contribution in [2.75, 3.05) is 0 Å². The lowest BCUT2D eigenvalue weighted by Crippen LogP contribution is -2.07. The van der Waals surface area contributed by atoms with Crippen LogP contribution in [0.15, 0.2) is 53.9 Å². The minimum atomic E-state index is -4.30. The fourth-order valence-electron chi connectivity index (χ4n) is 2.23. The summed E-state index contributed by atoms with van der Waals surface area (Å²) < 4.78 is 32.4. The van der Waals surface area contributed by atoms with E-state index in [2.05, 4.69) is 6.58 Å². The smallest absolute Gasteiger partial charge is 0.282 e. The summed E-state index contributed by atoms with van der Waals surface area (Å²) in [5.41, 5.74) is 2.32. The summed E-state index contributed by atoms with van der Waals surface area (Å²) in [6, 6.07) is 11.9. The summed E-state index contributed by atoms with van der Waals surface area (Å²) in [6.45, 7) is 5.58. The highest BCUT2D eigenvalue weighted by Gasteiger charge is 2.21. The molecule has 2 aromatic carbocycles. The second-order valence-corrected chi connectivity index (χ2v) is 6.58. The van der Waals surface area contributed by atoms with Crippen LogP contribution in [-0.4, -0.2) is 13.0 Å². The average Bonchev–Trinajstić information content (AvgIpc) is 2.45. The summed E-state index contributed by atoms with van der Waals surface area (Å²) in [7, 11) is -4.30. The molecule has 0 aliphatic rings. The van der Waals surface area contributed by atoms with Crippen LogP contribution in [0.4, 0.5) is 0 Å². The Labute approximate surface area is 129 Å². The van der Waals surface area contributed by atoms with Crippen LogP contribution in [0.2, 0.25) is 5.02 Å². The Bertz CT molecular complexity index is 782. The van der Waals surface area contributed by atoms with Gasteiger partial charge in [-0.15, -0.1) is 0 Å². The van der Waals surface area contributed by atoms with Gasteiger partial charge in [-0.2, -0.15) is 8.42 Å². The zero-order valence-electron chi connectivity index (χ0n) is 11.5. The molecule has 0 aliphatic carbocycles. The topological polar surface area (TPSA) is 54.4 Å². The molecule has 0 aliphatic heterocycles. The fourth-order valence-corrected chi connectivity index (χ4v) is 3.18. The van der Waals surface area contributed by atoms with Crippen molar-refractivity contribution in [3.63, 3.8) is 0 Å². The third-order valence-corrected chi connectivity index (χ3v) is 4.53. The van der Waals surface area contributed by atoms with Gasteiger partial charge in [-0.05, 0) is 34.9 Å². The fraction of sp³-hybridized carbons (Fsp3) is 0.125. The highest BCUT2D eigenvalue weighted by atomic mass is 35.5. The lowest BCUT2D eigenvalue weighted by molar-refractivity contribution is 0.481. The molecule has 5 heteroatoms. The van der Waals surface area contributed by atoms with Gasteiger partial charge in [0.1, 0.15) is 0 Å². The van der Waals surface area contributed by atoms with Gasteiger partial charge in [0, 0.05) is 10.9 Å². The van der Waals surface area contributed by atoms with Crippen molar-refractivity contribution in [3.05, 3.63) is 70.8 Å². The highest BCUT2D eigenvalue weighted by molar-refractivity contribution is 7.85. The minimum Gasteiger partial charge on any atom is -0.282 e. The van der Waals surface area contributed by atoms with Crippen molar-refractivity contribution in [3.8, 4) is 0 Å². The van der Waals surface area contributed by atoms with E-state index in [1.54, 1.807) is 12.1 Å². The summed E-state index contributed by atoms with van der Waals surface area (Å²) in [6.07, 6.45) is 1.72. The number of rotatable bonds is 4. The quantitative estimate of drug-likeness (QED) is 0.850. The van der Waals surface area contributed by atoms with Gasteiger partial charge in [-0.25, -0.2) is 0 Å². The second-order valence-electron chi connectivity index (χ2n) is 4.75. The predicted octanol–water partition coefficient (Wildman–Crippen LogP) is 4.38. The van der Waals surface area contributed by atoms with Crippen LogP contribution in [0, 0.1) is 0 Å². The molecule has 0 radical (unpaired) electrons. The van der Waals surface area contributed by atoms with Crippen molar-refractivity contribution in [1.29, 1.82) is 0 Å². The largest absolute Gasteiger partial charge is 0.294 e. The third-order valence-electron chi connectivity index (χ3n) is 3.36. The monoisotopic (exact) mass is 322 g/mol.